The number of benzene rings is 1. The molecule has 1 aromatic rings. The summed E-state index contributed by atoms with van der Waals surface area (Å²) in [5.74, 6) is 0.391. The van der Waals surface area contributed by atoms with Gasteiger partial charge in [-0.25, -0.2) is 4.79 Å². The maximum Gasteiger partial charge on any atom is 0.335 e. The van der Waals surface area contributed by atoms with Gasteiger partial charge in [0, 0.05) is 17.8 Å². The van der Waals surface area contributed by atoms with Gasteiger partial charge in [0.15, 0.2) is 0 Å². The van der Waals surface area contributed by atoms with Gasteiger partial charge in [-0.2, -0.15) is 11.8 Å². The summed E-state index contributed by atoms with van der Waals surface area (Å²) in [7, 11) is 0. The van der Waals surface area contributed by atoms with Gasteiger partial charge < -0.3 is 10.4 Å². The summed E-state index contributed by atoms with van der Waals surface area (Å²) in [4.78, 5) is 10.9. The lowest BCUT2D eigenvalue weighted by atomic mass is 10.1. The molecule has 98 valence electrons. The van der Waals surface area contributed by atoms with E-state index in [1.807, 2.05) is 17.8 Å². The number of carboxylic acids is 1. The van der Waals surface area contributed by atoms with E-state index in [1.54, 1.807) is 18.2 Å². The van der Waals surface area contributed by atoms with Gasteiger partial charge in [0.1, 0.15) is 0 Å². The summed E-state index contributed by atoms with van der Waals surface area (Å²) in [6, 6.07) is 7.12. The Bertz CT molecular complexity index is 428. The zero-order chi connectivity index (χ0) is 13.0. The van der Waals surface area contributed by atoms with Crippen LogP contribution in [0, 0.1) is 0 Å². The summed E-state index contributed by atoms with van der Waals surface area (Å²) in [6.45, 7) is 4.01. The molecule has 1 saturated heterocycles. The topological polar surface area (TPSA) is 49.3 Å². The van der Waals surface area contributed by atoms with Crippen molar-refractivity contribution in [1.82, 2.24) is 5.32 Å². The first-order valence-electron chi connectivity index (χ1n) is 6.26. The van der Waals surface area contributed by atoms with Gasteiger partial charge in [0.25, 0.3) is 0 Å². The molecular formula is C14H19NO2S. The molecule has 1 aromatic carbocycles. The summed E-state index contributed by atoms with van der Waals surface area (Å²) in [5, 5.41) is 12.4. The maximum absolute atomic E-state index is 10.9. The van der Waals surface area contributed by atoms with Crippen LogP contribution >= 0.6 is 11.8 Å². The standard InChI is InChI=1S/C14H19NO2S/c1-14(6-3-7-18-14)10-15-9-11-4-2-5-12(8-11)13(16)17/h2,4-5,8,15H,3,6-7,9-10H2,1H3,(H,16,17)/t14-/m1/s1. The van der Waals surface area contributed by atoms with Crippen LogP contribution in [-0.2, 0) is 6.54 Å². The predicted molar refractivity (Wildman–Crippen MR) is 75.2 cm³/mol. The van der Waals surface area contributed by atoms with Gasteiger partial charge in [-0.15, -0.1) is 0 Å². The van der Waals surface area contributed by atoms with E-state index in [0.717, 1.165) is 18.7 Å². The van der Waals surface area contributed by atoms with E-state index in [9.17, 15) is 4.79 Å². The first-order chi connectivity index (χ1) is 8.59. The average molecular weight is 265 g/mol. The number of aromatic carboxylic acids is 1. The van der Waals surface area contributed by atoms with E-state index in [0.29, 0.717) is 10.3 Å². The zero-order valence-corrected chi connectivity index (χ0v) is 11.4. The van der Waals surface area contributed by atoms with Crippen molar-refractivity contribution in [2.75, 3.05) is 12.3 Å². The van der Waals surface area contributed by atoms with Crippen molar-refractivity contribution in [3.8, 4) is 0 Å². The van der Waals surface area contributed by atoms with Crippen molar-refractivity contribution in [1.29, 1.82) is 0 Å². The molecular weight excluding hydrogens is 246 g/mol. The number of rotatable bonds is 5. The minimum atomic E-state index is -0.866. The lowest BCUT2D eigenvalue weighted by Crippen LogP contribution is -2.32. The minimum Gasteiger partial charge on any atom is -0.478 e. The number of thioether (sulfide) groups is 1. The van der Waals surface area contributed by atoms with Crippen LogP contribution in [0.2, 0.25) is 0 Å². The Morgan fingerprint density at radius 3 is 3.06 bits per heavy atom. The predicted octanol–water partition coefficient (Wildman–Crippen LogP) is 2.76. The molecule has 1 fully saturated rings. The lowest BCUT2D eigenvalue weighted by molar-refractivity contribution is 0.0696. The molecule has 0 bridgehead atoms. The Hall–Kier alpha value is -1.00. The highest BCUT2D eigenvalue weighted by Crippen LogP contribution is 2.36. The molecule has 0 aliphatic carbocycles. The molecule has 1 heterocycles. The average Bonchev–Trinajstić information content (AvgIpc) is 2.77. The molecule has 0 radical (unpaired) electrons. The van der Waals surface area contributed by atoms with Crippen LogP contribution in [0.5, 0.6) is 0 Å². The Labute approximate surface area is 112 Å². The molecule has 0 aromatic heterocycles. The summed E-state index contributed by atoms with van der Waals surface area (Å²) in [5.41, 5.74) is 1.39. The van der Waals surface area contributed by atoms with Gasteiger partial charge >= 0.3 is 5.97 Å². The highest BCUT2D eigenvalue weighted by atomic mass is 32.2. The number of carbonyl (C=O) groups is 1. The fourth-order valence-corrected chi connectivity index (χ4v) is 3.54. The van der Waals surface area contributed by atoms with Crippen LogP contribution in [0.15, 0.2) is 24.3 Å². The molecule has 2 rings (SSSR count). The lowest BCUT2D eigenvalue weighted by Gasteiger charge is -2.23. The van der Waals surface area contributed by atoms with Gasteiger partial charge in [-0.05, 0) is 43.2 Å². The molecule has 1 aliphatic heterocycles. The quantitative estimate of drug-likeness (QED) is 0.859. The summed E-state index contributed by atoms with van der Waals surface area (Å²) >= 11 is 2.03. The largest absolute Gasteiger partial charge is 0.478 e. The van der Waals surface area contributed by atoms with Crippen molar-refractivity contribution in [3.05, 3.63) is 35.4 Å². The molecule has 3 nitrogen and oxygen atoms in total. The van der Waals surface area contributed by atoms with Crippen molar-refractivity contribution in [2.45, 2.75) is 31.1 Å². The van der Waals surface area contributed by atoms with E-state index in [2.05, 4.69) is 12.2 Å². The van der Waals surface area contributed by atoms with E-state index in [4.69, 9.17) is 5.11 Å². The third-order valence-corrected chi connectivity index (χ3v) is 4.84. The van der Waals surface area contributed by atoms with Gasteiger partial charge in [-0.3, -0.25) is 0 Å². The van der Waals surface area contributed by atoms with Crippen molar-refractivity contribution in [2.24, 2.45) is 0 Å². The second kappa shape index (κ2) is 5.76. The number of nitrogens with one attached hydrogen (secondary N) is 1. The summed E-state index contributed by atoms with van der Waals surface area (Å²) < 4.78 is 0.352. The van der Waals surface area contributed by atoms with Gasteiger partial charge in [-0.1, -0.05) is 12.1 Å². The SMILES string of the molecule is C[C@]1(CNCc2cccc(C(=O)O)c2)CCCS1. The molecule has 0 spiro atoms. The molecule has 18 heavy (non-hydrogen) atoms. The summed E-state index contributed by atoms with van der Waals surface area (Å²) in [6.07, 6.45) is 2.57. The Morgan fingerprint density at radius 1 is 1.56 bits per heavy atom. The smallest absolute Gasteiger partial charge is 0.335 e. The van der Waals surface area contributed by atoms with E-state index in [-0.39, 0.29) is 0 Å². The van der Waals surface area contributed by atoms with E-state index >= 15 is 0 Å². The fourth-order valence-electron chi connectivity index (χ4n) is 2.26. The molecule has 0 saturated carbocycles. The maximum atomic E-state index is 10.9. The molecule has 1 atom stereocenters. The Kier molecular flexibility index (Phi) is 4.30. The van der Waals surface area contributed by atoms with Crippen LogP contribution in [0.4, 0.5) is 0 Å². The highest BCUT2D eigenvalue weighted by molar-refractivity contribution is 8.00. The van der Waals surface area contributed by atoms with Crippen LogP contribution in [0.25, 0.3) is 0 Å². The van der Waals surface area contributed by atoms with Gasteiger partial charge in [0.05, 0.1) is 5.56 Å². The minimum absolute atomic E-state index is 0.352. The normalized spacial score (nSPS) is 23.2. The second-order valence-electron chi connectivity index (χ2n) is 5.01. The molecule has 4 heteroatoms. The molecule has 0 amide bonds. The second-order valence-corrected chi connectivity index (χ2v) is 6.69. The van der Waals surface area contributed by atoms with Crippen LogP contribution < -0.4 is 5.32 Å². The van der Waals surface area contributed by atoms with E-state index < -0.39 is 5.97 Å². The van der Waals surface area contributed by atoms with Crippen LogP contribution in [-0.4, -0.2) is 28.1 Å². The molecule has 1 aliphatic rings. The molecule has 2 N–H and O–H groups in total. The third kappa shape index (κ3) is 3.50. The highest BCUT2D eigenvalue weighted by Gasteiger charge is 2.28. The zero-order valence-electron chi connectivity index (χ0n) is 10.6. The van der Waals surface area contributed by atoms with Crippen molar-refractivity contribution in [3.63, 3.8) is 0 Å². The number of hydrogen-bond donors (Lipinski definition) is 2. The van der Waals surface area contributed by atoms with Crippen LogP contribution in [0.3, 0.4) is 0 Å². The van der Waals surface area contributed by atoms with Crippen LogP contribution in [0.1, 0.15) is 35.7 Å². The first kappa shape index (κ1) is 13.4. The molecule has 0 unspecified atom stereocenters. The monoisotopic (exact) mass is 265 g/mol. The van der Waals surface area contributed by atoms with E-state index in [1.165, 1.54) is 18.6 Å². The number of hydrogen-bond acceptors (Lipinski definition) is 3. The van der Waals surface area contributed by atoms with Crippen molar-refractivity contribution < 1.29 is 9.90 Å². The Morgan fingerprint density at radius 2 is 2.39 bits per heavy atom. The third-order valence-electron chi connectivity index (χ3n) is 3.30. The Balaban J connectivity index is 1.86. The fraction of sp³-hybridized carbons (Fsp3) is 0.500. The van der Waals surface area contributed by atoms with Gasteiger partial charge in [0.2, 0.25) is 0 Å². The number of carboxylic acid groups (broad SMARTS) is 1. The first-order valence-corrected chi connectivity index (χ1v) is 7.25. The van der Waals surface area contributed by atoms with Crippen molar-refractivity contribution >= 4 is 17.7 Å².